The van der Waals surface area contributed by atoms with Crippen LogP contribution < -0.4 is 0 Å². The normalized spacial score (nSPS) is 11.6. The van der Waals surface area contributed by atoms with Gasteiger partial charge in [-0.3, -0.25) is 4.40 Å². The largest absolute Gasteiger partial charge is 0.443 e. The van der Waals surface area contributed by atoms with Crippen LogP contribution in [0.1, 0.15) is 5.82 Å². The lowest BCUT2D eigenvalue weighted by Crippen LogP contribution is -1.88. The van der Waals surface area contributed by atoms with Crippen LogP contribution in [-0.2, 0) is 0 Å². The van der Waals surface area contributed by atoms with E-state index in [9.17, 15) is 0 Å². The maximum Gasteiger partial charge on any atom is 0.242 e. The molecule has 4 aromatic heterocycles. The molecule has 6 nitrogen and oxygen atoms in total. The molecule has 0 spiro atoms. The van der Waals surface area contributed by atoms with Crippen molar-refractivity contribution in [2.24, 2.45) is 0 Å². The van der Waals surface area contributed by atoms with Crippen molar-refractivity contribution < 1.29 is 4.42 Å². The van der Waals surface area contributed by atoms with E-state index in [0.717, 1.165) is 28.2 Å². The van der Waals surface area contributed by atoms with Gasteiger partial charge in [-0.25, -0.2) is 4.98 Å². The zero-order valence-electron chi connectivity index (χ0n) is 9.58. The average molecular weight is 239 g/mol. The molecule has 0 aromatic carbocycles. The Morgan fingerprint density at radius 3 is 3.06 bits per heavy atom. The third kappa shape index (κ3) is 1.14. The van der Waals surface area contributed by atoms with E-state index in [-0.39, 0.29) is 0 Å². The maximum atomic E-state index is 5.29. The molecule has 1 N–H and O–H groups in total. The number of rotatable bonds is 1. The van der Waals surface area contributed by atoms with Gasteiger partial charge in [-0.05, 0) is 25.1 Å². The molecular weight excluding hydrogens is 230 g/mol. The number of nitrogens with zero attached hydrogens (tertiary/aromatic N) is 4. The molecule has 4 heterocycles. The zero-order valence-corrected chi connectivity index (χ0v) is 9.58. The fourth-order valence-corrected chi connectivity index (χ4v) is 2.19. The van der Waals surface area contributed by atoms with Gasteiger partial charge in [0.15, 0.2) is 5.65 Å². The van der Waals surface area contributed by atoms with Crippen molar-refractivity contribution in [3.63, 3.8) is 0 Å². The first-order valence-electron chi connectivity index (χ1n) is 5.56. The predicted molar refractivity (Wildman–Crippen MR) is 65.1 cm³/mol. The smallest absolute Gasteiger partial charge is 0.242 e. The Hall–Kier alpha value is -2.63. The van der Waals surface area contributed by atoms with Crippen molar-refractivity contribution in [3.8, 4) is 11.6 Å². The van der Waals surface area contributed by atoms with E-state index in [4.69, 9.17) is 4.42 Å². The summed E-state index contributed by atoms with van der Waals surface area (Å²) in [5, 5.41) is 8.18. The van der Waals surface area contributed by atoms with Crippen LogP contribution in [-0.4, -0.2) is 24.6 Å². The average Bonchev–Trinajstić information content (AvgIpc) is 3.05. The Kier molecular flexibility index (Phi) is 1.67. The van der Waals surface area contributed by atoms with Crippen molar-refractivity contribution >= 4 is 16.7 Å². The van der Waals surface area contributed by atoms with E-state index in [1.165, 1.54) is 0 Å². The number of pyridine rings is 1. The number of aromatic nitrogens is 5. The van der Waals surface area contributed by atoms with E-state index in [1.807, 2.05) is 29.5 Å². The molecule has 0 bridgehead atoms. The summed E-state index contributed by atoms with van der Waals surface area (Å²) in [6.45, 7) is 1.93. The summed E-state index contributed by atoms with van der Waals surface area (Å²) >= 11 is 0. The molecule has 4 aromatic rings. The highest BCUT2D eigenvalue weighted by Gasteiger charge is 2.11. The molecule has 18 heavy (non-hydrogen) atoms. The Bertz CT molecular complexity index is 840. The van der Waals surface area contributed by atoms with E-state index in [2.05, 4.69) is 20.2 Å². The van der Waals surface area contributed by atoms with Gasteiger partial charge in [0.25, 0.3) is 0 Å². The first-order chi connectivity index (χ1) is 8.83. The molecule has 0 amide bonds. The minimum Gasteiger partial charge on any atom is -0.443 e. The molecule has 0 aliphatic rings. The predicted octanol–water partition coefficient (Wildman–Crippen LogP) is 2.17. The van der Waals surface area contributed by atoms with Crippen LogP contribution in [0.4, 0.5) is 0 Å². The SMILES string of the molecule is Cc1nnc2ccc3[nH]c(-c4ncco4)cc3n12. The second-order valence-electron chi connectivity index (χ2n) is 4.09. The van der Waals surface area contributed by atoms with Gasteiger partial charge in [0.2, 0.25) is 5.89 Å². The Labute approximate surface area is 101 Å². The van der Waals surface area contributed by atoms with Crippen LogP contribution in [0.5, 0.6) is 0 Å². The number of nitrogens with one attached hydrogen (secondary N) is 1. The summed E-state index contributed by atoms with van der Waals surface area (Å²) in [6.07, 6.45) is 3.18. The van der Waals surface area contributed by atoms with Gasteiger partial charge in [-0.15, -0.1) is 10.2 Å². The van der Waals surface area contributed by atoms with Crippen LogP contribution in [0.15, 0.2) is 35.1 Å². The zero-order chi connectivity index (χ0) is 12.1. The lowest BCUT2D eigenvalue weighted by Gasteiger charge is -1.95. The number of fused-ring (bicyclic) bond motifs is 3. The highest BCUT2D eigenvalue weighted by Crippen LogP contribution is 2.24. The van der Waals surface area contributed by atoms with Crippen LogP contribution in [0, 0.1) is 6.92 Å². The maximum absolute atomic E-state index is 5.29. The topological polar surface area (TPSA) is 72.0 Å². The Balaban J connectivity index is 2.10. The molecule has 0 unspecified atom stereocenters. The van der Waals surface area contributed by atoms with Gasteiger partial charge in [-0.1, -0.05) is 0 Å². The molecule has 0 fully saturated rings. The molecule has 0 aliphatic carbocycles. The van der Waals surface area contributed by atoms with Gasteiger partial charge in [0.05, 0.1) is 17.2 Å². The second-order valence-corrected chi connectivity index (χ2v) is 4.09. The highest BCUT2D eigenvalue weighted by atomic mass is 16.3. The van der Waals surface area contributed by atoms with Gasteiger partial charge in [0.1, 0.15) is 17.8 Å². The molecule has 0 aliphatic heterocycles. The number of hydrogen-bond acceptors (Lipinski definition) is 4. The summed E-state index contributed by atoms with van der Waals surface area (Å²) in [5.41, 5.74) is 3.69. The minimum atomic E-state index is 0.574. The van der Waals surface area contributed by atoms with Gasteiger partial charge < -0.3 is 9.40 Å². The number of hydrogen-bond donors (Lipinski definition) is 1. The molecule has 0 saturated heterocycles. The lowest BCUT2D eigenvalue weighted by atomic mass is 10.3. The molecule has 6 heteroatoms. The highest BCUT2D eigenvalue weighted by molar-refractivity contribution is 5.83. The van der Waals surface area contributed by atoms with Crippen molar-refractivity contribution in [1.82, 2.24) is 24.6 Å². The first-order valence-corrected chi connectivity index (χ1v) is 5.56. The third-order valence-corrected chi connectivity index (χ3v) is 2.98. The standard InChI is InChI=1S/C12H9N5O/c1-7-15-16-11-3-2-8-10(17(7)11)6-9(14-8)12-13-4-5-18-12/h2-6,14H,1H3. The molecule has 88 valence electrons. The van der Waals surface area contributed by atoms with E-state index in [0.29, 0.717) is 5.89 Å². The summed E-state index contributed by atoms with van der Waals surface area (Å²) in [4.78, 5) is 7.41. The number of aromatic amines is 1. The summed E-state index contributed by atoms with van der Waals surface area (Å²) < 4.78 is 7.29. The van der Waals surface area contributed by atoms with Crippen molar-refractivity contribution in [3.05, 3.63) is 36.5 Å². The van der Waals surface area contributed by atoms with Crippen molar-refractivity contribution in [2.75, 3.05) is 0 Å². The van der Waals surface area contributed by atoms with Crippen LogP contribution in [0.3, 0.4) is 0 Å². The molecular formula is C12H9N5O. The van der Waals surface area contributed by atoms with E-state index < -0.39 is 0 Å². The fraction of sp³-hybridized carbons (Fsp3) is 0.0833. The Morgan fingerprint density at radius 1 is 1.28 bits per heavy atom. The van der Waals surface area contributed by atoms with E-state index in [1.54, 1.807) is 12.5 Å². The fourth-order valence-electron chi connectivity index (χ4n) is 2.19. The summed E-state index contributed by atoms with van der Waals surface area (Å²) in [7, 11) is 0. The molecule has 0 saturated carbocycles. The van der Waals surface area contributed by atoms with Crippen LogP contribution >= 0.6 is 0 Å². The van der Waals surface area contributed by atoms with E-state index >= 15 is 0 Å². The van der Waals surface area contributed by atoms with Gasteiger partial charge in [0, 0.05) is 0 Å². The summed E-state index contributed by atoms with van der Waals surface area (Å²) in [5.74, 6) is 1.43. The van der Waals surface area contributed by atoms with Crippen LogP contribution in [0.2, 0.25) is 0 Å². The number of oxazole rings is 1. The Morgan fingerprint density at radius 2 is 2.22 bits per heavy atom. The number of aryl methyl sites for hydroxylation is 1. The monoisotopic (exact) mass is 239 g/mol. The number of H-pyrrole nitrogens is 1. The minimum absolute atomic E-state index is 0.574. The molecule has 0 atom stereocenters. The third-order valence-electron chi connectivity index (χ3n) is 2.98. The summed E-state index contributed by atoms with van der Waals surface area (Å²) in [6, 6.07) is 5.90. The second kappa shape index (κ2) is 3.19. The lowest BCUT2D eigenvalue weighted by molar-refractivity contribution is 0.572. The van der Waals surface area contributed by atoms with Gasteiger partial charge in [-0.2, -0.15) is 0 Å². The van der Waals surface area contributed by atoms with Crippen LogP contribution in [0.25, 0.3) is 28.3 Å². The first kappa shape index (κ1) is 9.41. The quantitative estimate of drug-likeness (QED) is 0.552. The van der Waals surface area contributed by atoms with Crippen molar-refractivity contribution in [2.45, 2.75) is 6.92 Å². The molecule has 4 rings (SSSR count). The van der Waals surface area contributed by atoms with Crippen molar-refractivity contribution in [1.29, 1.82) is 0 Å². The molecule has 0 radical (unpaired) electrons. The van der Waals surface area contributed by atoms with Gasteiger partial charge >= 0.3 is 0 Å².